The molecule has 0 amide bonds. The molecule has 0 fully saturated rings. The molecule has 90 valence electrons. The highest BCUT2D eigenvalue weighted by molar-refractivity contribution is 9.11. The maximum Gasteiger partial charge on any atom is 0.242 e. The second kappa shape index (κ2) is 5.59. The summed E-state index contributed by atoms with van der Waals surface area (Å²) < 4.78 is 27.3. The number of rotatable bonds is 4. The zero-order valence-corrected chi connectivity index (χ0v) is 12.4. The molecular weight excluding hydrogens is 362 g/mol. The second-order valence-electron chi connectivity index (χ2n) is 3.28. The molecule has 0 aliphatic carbocycles. The van der Waals surface area contributed by atoms with Gasteiger partial charge in [-0.1, -0.05) is 15.9 Å². The van der Waals surface area contributed by atoms with Gasteiger partial charge in [0.1, 0.15) is 0 Å². The van der Waals surface area contributed by atoms with Crippen LogP contribution in [-0.4, -0.2) is 26.2 Å². The van der Waals surface area contributed by atoms with Crippen LogP contribution in [0.2, 0.25) is 0 Å². The number of aliphatic hydroxyl groups is 1. The molecule has 0 unspecified atom stereocenters. The average Bonchev–Trinajstić information content (AvgIpc) is 2.20. The van der Waals surface area contributed by atoms with Gasteiger partial charge < -0.3 is 5.11 Å². The van der Waals surface area contributed by atoms with Crippen molar-refractivity contribution in [3.63, 3.8) is 0 Å². The van der Waals surface area contributed by atoms with Crippen molar-refractivity contribution in [1.82, 2.24) is 4.72 Å². The standard InChI is InChI=1S/C9H11Br2NO3S/c1-6(5-13)12-16(14,15)9-4-7(10)2-3-8(9)11/h2-4,6,12-13H,5H2,1H3/t6-/m1/s1. The maximum atomic E-state index is 11.9. The first-order chi connectivity index (χ1) is 7.36. The fourth-order valence-electron chi connectivity index (χ4n) is 1.05. The van der Waals surface area contributed by atoms with Gasteiger partial charge in [-0.2, -0.15) is 0 Å². The van der Waals surface area contributed by atoms with Gasteiger partial charge >= 0.3 is 0 Å². The molecule has 0 aliphatic rings. The van der Waals surface area contributed by atoms with Gasteiger partial charge in [0.05, 0.1) is 11.5 Å². The lowest BCUT2D eigenvalue weighted by Gasteiger charge is -2.12. The zero-order chi connectivity index (χ0) is 12.3. The Morgan fingerprint density at radius 1 is 1.44 bits per heavy atom. The fourth-order valence-corrected chi connectivity index (χ4v) is 3.79. The minimum absolute atomic E-state index is 0.141. The highest BCUT2D eigenvalue weighted by Crippen LogP contribution is 2.25. The zero-order valence-electron chi connectivity index (χ0n) is 8.44. The van der Waals surface area contributed by atoms with Gasteiger partial charge in [0, 0.05) is 15.0 Å². The minimum Gasteiger partial charge on any atom is -0.395 e. The van der Waals surface area contributed by atoms with E-state index in [9.17, 15) is 8.42 Å². The number of hydrogen-bond donors (Lipinski definition) is 2. The number of nitrogens with one attached hydrogen (secondary N) is 1. The van der Waals surface area contributed by atoms with Crippen LogP contribution in [0.15, 0.2) is 32.0 Å². The number of hydrogen-bond acceptors (Lipinski definition) is 3. The van der Waals surface area contributed by atoms with E-state index in [1.165, 1.54) is 6.07 Å². The molecule has 0 saturated heterocycles. The Balaban J connectivity index is 3.12. The summed E-state index contributed by atoms with van der Waals surface area (Å²) >= 11 is 6.39. The molecule has 2 N–H and O–H groups in total. The molecule has 0 spiro atoms. The van der Waals surface area contributed by atoms with Crippen LogP contribution in [0.25, 0.3) is 0 Å². The minimum atomic E-state index is -3.61. The number of benzene rings is 1. The van der Waals surface area contributed by atoms with Gasteiger partial charge in [-0.05, 0) is 41.1 Å². The van der Waals surface area contributed by atoms with E-state index in [-0.39, 0.29) is 11.5 Å². The molecule has 1 aromatic rings. The van der Waals surface area contributed by atoms with Crippen molar-refractivity contribution >= 4 is 41.9 Å². The number of aliphatic hydroxyl groups excluding tert-OH is 1. The molecule has 1 rings (SSSR count). The van der Waals surface area contributed by atoms with Crippen molar-refractivity contribution in [2.45, 2.75) is 17.9 Å². The predicted octanol–water partition coefficient (Wildman–Crippen LogP) is 1.87. The summed E-state index contributed by atoms with van der Waals surface area (Å²) in [6.45, 7) is 1.34. The lowest BCUT2D eigenvalue weighted by Crippen LogP contribution is -2.35. The van der Waals surface area contributed by atoms with Crippen molar-refractivity contribution in [3.8, 4) is 0 Å². The first-order valence-electron chi connectivity index (χ1n) is 4.45. The van der Waals surface area contributed by atoms with Crippen LogP contribution in [0, 0.1) is 0 Å². The van der Waals surface area contributed by atoms with E-state index in [1.807, 2.05) is 0 Å². The third-order valence-corrected chi connectivity index (χ3v) is 4.89. The van der Waals surface area contributed by atoms with E-state index in [2.05, 4.69) is 36.6 Å². The van der Waals surface area contributed by atoms with Gasteiger partial charge in [0.25, 0.3) is 0 Å². The van der Waals surface area contributed by atoms with Crippen molar-refractivity contribution < 1.29 is 13.5 Å². The Hall–Kier alpha value is 0.0500. The Morgan fingerprint density at radius 3 is 2.62 bits per heavy atom. The van der Waals surface area contributed by atoms with E-state index >= 15 is 0 Å². The van der Waals surface area contributed by atoms with Crippen LogP contribution < -0.4 is 4.72 Å². The summed E-state index contributed by atoms with van der Waals surface area (Å²) in [6.07, 6.45) is 0. The Labute approximate surface area is 111 Å². The normalized spacial score (nSPS) is 13.8. The lowest BCUT2D eigenvalue weighted by atomic mass is 10.4. The highest BCUT2D eigenvalue weighted by Gasteiger charge is 2.19. The van der Waals surface area contributed by atoms with Gasteiger partial charge in [0.15, 0.2) is 0 Å². The van der Waals surface area contributed by atoms with E-state index in [0.717, 1.165) is 0 Å². The van der Waals surface area contributed by atoms with E-state index in [1.54, 1.807) is 19.1 Å². The SMILES string of the molecule is C[C@H](CO)NS(=O)(=O)c1cc(Br)ccc1Br. The predicted molar refractivity (Wildman–Crippen MR) is 68.7 cm³/mol. The van der Waals surface area contributed by atoms with E-state index < -0.39 is 16.1 Å². The highest BCUT2D eigenvalue weighted by atomic mass is 79.9. The summed E-state index contributed by atoms with van der Waals surface area (Å²) in [5.41, 5.74) is 0. The number of sulfonamides is 1. The van der Waals surface area contributed by atoms with Crippen LogP contribution in [0.1, 0.15) is 6.92 Å². The molecule has 1 atom stereocenters. The van der Waals surface area contributed by atoms with E-state index in [4.69, 9.17) is 5.11 Å². The smallest absolute Gasteiger partial charge is 0.242 e. The van der Waals surface area contributed by atoms with Crippen LogP contribution in [0.4, 0.5) is 0 Å². The maximum absolute atomic E-state index is 11.9. The third kappa shape index (κ3) is 3.53. The Morgan fingerprint density at radius 2 is 2.06 bits per heavy atom. The molecule has 0 heterocycles. The summed E-state index contributed by atoms with van der Waals surface area (Å²) in [6, 6.07) is 4.35. The summed E-state index contributed by atoms with van der Waals surface area (Å²) in [7, 11) is -3.61. The average molecular weight is 373 g/mol. The summed E-state index contributed by atoms with van der Waals surface area (Å²) in [4.78, 5) is 0.141. The van der Waals surface area contributed by atoms with Crippen molar-refractivity contribution in [2.75, 3.05) is 6.61 Å². The van der Waals surface area contributed by atoms with Crippen LogP contribution in [-0.2, 0) is 10.0 Å². The Bertz CT molecular complexity index is 476. The number of halogens is 2. The summed E-state index contributed by atoms with van der Waals surface area (Å²) in [5.74, 6) is 0. The lowest BCUT2D eigenvalue weighted by molar-refractivity contribution is 0.265. The molecule has 0 saturated carbocycles. The van der Waals surface area contributed by atoms with Crippen molar-refractivity contribution in [3.05, 3.63) is 27.1 Å². The monoisotopic (exact) mass is 371 g/mol. The molecule has 0 aromatic heterocycles. The first-order valence-corrected chi connectivity index (χ1v) is 7.52. The molecule has 0 aliphatic heterocycles. The largest absolute Gasteiger partial charge is 0.395 e. The third-order valence-electron chi connectivity index (χ3n) is 1.81. The molecule has 0 radical (unpaired) electrons. The van der Waals surface area contributed by atoms with Crippen LogP contribution in [0.5, 0.6) is 0 Å². The topological polar surface area (TPSA) is 66.4 Å². The molecule has 4 nitrogen and oxygen atoms in total. The molecule has 1 aromatic carbocycles. The second-order valence-corrected chi connectivity index (χ2v) is 6.73. The summed E-state index contributed by atoms with van der Waals surface area (Å²) in [5, 5.41) is 8.82. The van der Waals surface area contributed by atoms with Gasteiger partial charge in [0.2, 0.25) is 10.0 Å². The van der Waals surface area contributed by atoms with Gasteiger partial charge in [-0.25, -0.2) is 13.1 Å². The Kier molecular flexibility index (Phi) is 4.93. The van der Waals surface area contributed by atoms with E-state index in [0.29, 0.717) is 8.95 Å². The van der Waals surface area contributed by atoms with Gasteiger partial charge in [-0.15, -0.1) is 0 Å². The quantitative estimate of drug-likeness (QED) is 0.847. The fraction of sp³-hybridized carbons (Fsp3) is 0.333. The molecule has 0 bridgehead atoms. The molecule has 16 heavy (non-hydrogen) atoms. The van der Waals surface area contributed by atoms with Crippen LogP contribution in [0.3, 0.4) is 0 Å². The van der Waals surface area contributed by atoms with Crippen LogP contribution >= 0.6 is 31.9 Å². The first kappa shape index (κ1) is 14.1. The molecule has 7 heteroatoms. The van der Waals surface area contributed by atoms with Crippen molar-refractivity contribution in [2.24, 2.45) is 0 Å². The van der Waals surface area contributed by atoms with Crippen molar-refractivity contribution in [1.29, 1.82) is 0 Å². The van der Waals surface area contributed by atoms with Gasteiger partial charge in [-0.3, -0.25) is 0 Å². The molecular formula is C9H11Br2NO3S.